The van der Waals surface area contributed by atoms with Crippen LogP contribution in [0.15, 0.2) is 72.0 Å². The van der Waals surface area contributed by atoms with Gasteiger partial charge in [-0.3, -0.25) is 14.0 Å². The summed E-state index contributed by atoms with van der Waals surface area (Å²) in [6.45, 7) is 3.71. The molecule has 5 heterocycles. The van der Waals surface area contributed by atoms with Gasteiger partial charge in [-0.2, -0.15) is 5.10 Å². The predicted molar refractivity (Wildman–Crippen MR) is 148 cm³/mol. The highest BCUT2D eigenvalue weighted by atomic mass is 16.2. The summed E-state index contributed by atoms with van der Waals surface area (Å²) >= 11 is 0. The first-order chi connectivity index (χ1) is 19.3. The van der Waals surface area contributed by atoms with E-state index in [0.29, 0.717) is 28.4 Å². The highest BCUT2D eigenvalue weighted by molar-refractivity contribution is 6.04. The number of nitrogens with one attached hydrogen (secondary N) is 1. The minimum atomic E-state index is -0.618. The standard InChI is InChI=1S/C28H24N10O2/c1-17(33-27(39)24-25(29)34-36-13-7-12-30-26(24)36)22-14-23-31-16-21(11-10-19-15-32-35(3)18(19)2)38(23)28(40)37(22)20-8-5-4-6-9-20/h4-9,12-17H,1-3H3,(H2,29,34)(H,33,39)/t17-/m1/s1. The highest BCUT2D eigenvalue weighted by Crippen LogP contribution is 2.21. The Morgan fingerprint density at radius 1 is 1.10 bits per heavy atom. The summed E-state index contributed by atoms with van der Waals surface area (Å²) in [7, 11) is 1.84. The monoisotopic (exact) mass is 532 g/mol. The molecule has 0 bridgehead atoms. The molecular formula is C28H24N10O2. The third kappa shape index (κ3) is 4.06. The van der Waals surface area contributed by atoms with Gasteiger partial charge >= 0.3 is 5.69 Å². The highest BCUT2D eigenvalue weighted by Gasteiger charge is 2.24. The number of imidazole rings is 1. The third-order valence-corrected chi connectivity index (χ3v) is 6.72. The molecule has 0 fully saturated rings. The molecule has 0 radical (unpaired) electrons. The van der Waals surface area contributed by atoms with E-state index in [-0.39, 0.29) is 17.1 Å². The minimum Gasteiger partial charge on any atom is -0.381 e. The number of carbonyl (C=O) groups excluding carboxylic acids is 1. The fraction of sp³-hybridized carbons (Fsp3) is 0.143. The third-order valence-electron chi connectivity index (χ3n) is 6.72. The van der Waals surface area contributed by atoms with Gasteiger partial charge in [0.25, 0.3) is 5.91 Å². The number of aryl methyl sites for hydroxylation is 1. The first-order valence-corrected chi connectivity index (χ1v) is 12.4. The molecule has 1 aromatic carbocycles. The fourth-order valence-electron chi connectivity index (χ4n) is 4.54. The lowest BCUT2D eigenvalue weighted by Crippen LogP contribution is -2.34. The molecule has 1 atom stereocenters. The average molecular weight is 533 g/mol. The maximum atomic E-state index is 14.0. The van der Waals surface area contributed by atoms with E-state index in [1.165, 1.54) is 13.5 Å². The van der Waals surface area contributed by atoms with Crippen LogP contribution in [0.1, 0.15) is 46.0 Å². The number of para-hydroxylation sites is 1. The molecule has 3 N–H and O–H groups in total. The van der Waals surface area contributed by atoms with Crippen molar-refractivity contribution in [1.29, 1.82) is 0 Å². The van der Waals surface area contributed by atoms with Gasteiger partial charge in [0.1, 0.15) is 16.9 Å². The van der Waals surface area contributed by atoms with E-state index in [1.54, 1.807) is 48.5 Å². The Balaban J connectivity index is 1.45. The zero-order valence-electron chi connectivity index (χ0n) is 21.9. The molecule has 0 spiro atoms. The molecule has 0 aliphatic carbocycles. The van der Waals surface area contributed by atoms with Crippen LogP contribution < -0.4 is 16.7 Å². The van der Waals surface area contributed by atoms with Gasteiger partial charge in [-0.25, -0.2) is 23.7 Å². The number of fused-ring (bicyclic) bond motifs is 2. The lowest BCUT2D eigenvalue weighted by Gasteiger charge is -2.20. The zero-order chi connectivity index (χ0) is 28.0. The molecule has 0 saturated carbocycles. The minimum absolute atomic E-state index is 0.0552. The first kappa shape index (κ1) is 24.6. The molecule has 0 aliphatic heterocycles. The molecule has 6 rings (SSSR count). The number of hydrogen-bond acceptors (Lipinski definition) is 7. The molecule has 0 saturated heterocycles. The molecule has 6 aromatic rings. The van der Waals surface area contributed by atoms with Crippen molar-refractivity contribution >= 4 is 23.0 Å². The SMILES string of the molecule is Cc1c(C#Cc2cnc3cc([C@@H](C)NC(=O)c4c(N)nn5cccnc45)n(-c4ccccc4)c(=O)n23)cnn1C. The quantitative estimate of drug-likeness (QED) is 0.331. The smallest absolute Gasteiger partial charge is 0.339 e. The maximum absolute atomic E-state index is 14.0. The Morgan fingerprint density at radius 3 is 2.65 bits per heavy atom. The van der Waals surface area contributed by atoms with Crippen molar-refractivity contribution in [1.82, 2.24) is 43.6 Å². The largest absolute Gasteiger partial charge is 0.381 e. The van der Waals surface area contributed by atoms with E-state index in [9.17, 15) is 9.59 Å². The van der Waals surface area contributed by atoms with Crippen LogP contribution in [0, 0.1) is 18.8 Å². The van der Waals surface area contributed by atoms with Crippen molar-refractivity contribution in [3.8, 4) is 17.5 Å². The number of rotatable bonds is 4. The summed E-state index contributed by atoms with van der Waals surface area (Å²) in [5.74, 6) is 5.74. The molecule has 0 aliphatic rings. The van der Waals surface area contributed by atoms with Crippen LogP contribution >= 0.6 is 0 Å². The zero-order valence-corrected chi connectivity index (χ0v) is 21.9. The van der Waals surface area contributed by atoms with Crippen LogP contribution in [-0.2, 0) is 7.05 Å². The molecular weight excluding hydrogens is 508 g/mol. The molecule has 0 unspecified atom stereocenters. The van der Waals surface area contributed by atoms with E-state index in [0.717, 1.165) is 11.3 Å². The van der Waals surface area contributed by atoms with Crippen LogP contribution in [0.4, 0.5) is 5.82 Å². The van der Waals surface area contributed by atoms with E-state index in [2.05, 4.69) is 37.3 Å². The lowest BCUT2D eigenvalue weighted by molar-refractivity contribution is 0.0941. The lowest BCUT2D eigenvalue weighted by atomic mass is 10.1. The topological polar surface area (TPSA) is 142 Å². The van der Waals surface area contributed by atoms with Crippen LogP contribution in [0.25, 0.3) is 17.0 Å². The Bertz CT molecular complexity index is 2040. The normalized spacial score (nSPS) is 11.9. The van der Waals surface area contributed by atoms with Crippen LogP contribution in [-0.4, -0.2) is 44.2 Å². The molecule has 12 nitrogen and oxygen atoms in total. The second kappa shape index (κ2) is 9.55. The number of amides is 1. The van der Waals surface area contributed by atoms with Gasteiger partial charge in [0, 0.05) is 25.5 Å². The second-order valence-corrected chi connectivity index (χ2v) is 9.22. The number of anilines is 1. The van der Waals surface area contributed by atoms with E-state index < -0.39 is 11.9 Å². The summed E-state index contributed by atoms with van der Waals surface area (Å²) in [5.41, 5.74) is 9.82. The van der Waals surface area contributed by atoms with Gasteiger partial charge in [0.2, 0.25) is 0 Å². The Labute approximate surface area is 227 Å². The summed E-state index contributed by atoms with van der Waals surface area (Å²) < 4.78 is 6.18. The van der Waals surface area contributed by atoms with Crippen molar-refractivity contribution in [3.63, 3.8) is 0 Å². The second-order valence-electron chi connectivity index (χ2n) is 9.22. The summed E-state index contributed by atoms with van der Waals surface area (Å²) in [5, 5.41) is 11.3. The van der Waals surface area contributed by atoms with Gasteiger partial charge in [-0.1, -0.05) is 24.1 Å². The Morgan fingerprint density at radius 2 is 1.90 bits per heavy atom. The molecule has 12 heteroatoms. The Hall–Kier alpha value is -5.70. The van der Waals surface area contributed by atoms with Crippen molar-refractivity contribution in [2.75, 3.05) is 5.73 Å². The van der Waals surface area contributed by atoms with E-state index >= 15 is 0 Å². The summed E-state index contributed by atoms with van der Waals surface area (Å²) in [4.78, 5) is 36.1. The van der Waals surface area contributed by atoms with E-state index in [4.69, 9.17) is 5.73 Å². The van der Waals surface area contributed by atoms with Gasteiger partial charge in [-0.15, -0.1) is 5.10 Å². The van der Waals surface area contributed by atoms with Gasteiger partial charge in [0.05, 0.1) is 41.1 Å². The number of carbonyl (C=O) groups is 1. The first-order valence-electron chi connectivity index (χ1n) is 12.4. The summed E-state index contributed by atoms with van der Waals surface area (Å²) in [6, 6.07) is 12.0. The molecule has 5 aromatic heterocycles. The van der Waals surface area contributed by atoms with E-state index in [1.807, 2.05) is 44.3 Å². The molecule has 198 valence electrons. The number of nitrogens with two attached hydrogens (primary N) is 1. The number of nitrogens with zero attached hydrogens (tertiary/aromatic N) is 8. The van der Waals surface area contributed by atoms with Crippen LogP contribution in [0.5, 0.6) is 0 Å². The van der Waals surface area contributed by atoms with Gasteiger partial charge < -0.3 is 11.1 Å². The molecule has 40 heavy (non-hydrogen) atoms. The van der Waals surface area contributed by atoms with Crippen molar-refractivity contribution < 1.29 is 4.79 Å². The van der Waals surface area contributed by atoms with Crippen LogP contribution in [0.2, 0.25) is 0 Å². The van der Waals surface area contributed by atoms with Crippen molar-refractivity contribution in [2.24, 2.45) is 7.05 Å². The van der Waals surface area contributed by atoms with Crippen molar-refractivity contribution in [2.45, 2.75) is 19.9 Å². The number of hydrogen-bond donors (Lipinski definition) is 2. The number of nitrogen functional groups attached to an aromatic ring is 1. The summed E-state index contributed by atoms with van der Waals surface area (Å²) in [6.07, 6.45) is 6.46. The van der Waals surface area contributed by atoms with Gasteiger partial charge in [-0.05, 0) is 38.0 Å². The van der Waals surface area contributed by atoms with Crippen LogP contribution in [0.3, 0.4) is 0 Å². The maximum Gasteiger partial charge on any atom is 0.339 e. The molecule has 1 amide bonds. The average Bonchev–Trinajstić information content (AvgIpc) is 3.62. The number of aromatic nitrogens is 8. The fourth-order valence-corrected chi connectivity index (χ4v) is 4.54. The number of benzene rings is 1. The van der Waals surface area contributed by atoms with Crippen molar-refractivity contribution in [3.05, 3.63) is 106 Å². The predicted octanol–water partition coefficient (Wildman–Crippen LogP) is 2.04. The Kier molecular flexibility index (Phi) is 5.88. The van der Waals surface area contributed by atoms with Gasteiger partial charge in [0.15, 0.2) is 11.5 Å².